The maximum absolute atomic E-state index is 12.6. The molecule has 1 unspecified atom stereocenters. The maximum atomic E-state index is 12.6. The van der Waals surface area contributed by atoms with Crippen LogP contribution in [0.3, 0.4) is 0 Å². The molecule has 1 saturated heterocycles. The summed E-state index contributed by atoms with van der Waals surface area (Å²) in [4.78, 5) is 0. The fraction of sp³-hybridized carbons (Fsp3) is 0.438. The molecule has 0 amide bonds. The van der Waals surface area contributed by atoms with Crippen LogP contribution < -0.4 is 4.72 Å². The van der Waals surface area contributed by atoms with Crippen molar-refractivity contribution in [1.29, 1.82) is 0 Å². The van der Waals surface area contributed by atoms with E-state index in [4.69, 9.17) is 9.26 Å². The minimum atomic E-state index is -3.60. The summed E-state index contributed by atoms with van der Waals surface area (Å²) in [5.74, 6) is 0.624. The first-order valence-corrected chi connectivity index (χ1v) is 9.24. The Morgan fingerprint density at radius 3 is 2.71 bits per heavy atom. The Morgan fingerprint density at radius 1 is 1.29 bits per heavy atom. The Morgan fingerprint density at radius 2 is 2.04 bits per heavy atom. The molecule has 2 heterocycles. The lowest BCUT2D eigenvalue weighted by Gasteiger charge is -2.32. The summed E-state index contributed by atoms with van der Waals surface area (Å²) in [6.07, 6.45) is -0.254. The molecule has 0 aliphatic carbocycles. The van der Waals surface area contributed by atoms with E-state index in [-0.39, 0.29) is 12.6 Å². The number of nitrogens with zero attached hydrogens (tertiary/aromatic N) is 2. The molecule has 3 rings (SSSR count). The summed E-state index contributed by atoms with van der Waals surface area (Å²) >= 11 is 0. The van der Waals surface area contributed by atoms with Crippen LogP contribution in [0, 0.1) is 13.8 Å². The van der Waals surface area contributed by atoms with Crippen molar-refractivity contribution < 1.29 is 17.7 Å². The van der Waals surface area contributed by atoms with Crippen LogP contribution in [0.15, 0.2) is 34.9 Å². The number of rotatable bonds is 5. The highest BCUT2D eigenvalue weighted by molar-refractivity contribution is 7.87. The van der Waals surface area contributed by atoms with Gasteiger partial charge in [-0.15, -0.1) is 0 Å². The molecule has 8 heteroatoms. The normalized spacial score (nSPS) is 19.5. The minimum Gasteiger partial charge on any atom is -0.371 e. The monoisotopic (exact) mass is 351 g/mol. The van der Waals surface area contributed by atoms with Gasteiger partial charge in [-0.25, -0.2) is 0 Å². The van der Waals surface area contributed by atoms with E-state index in [0.717, 1.165) is 11.1 Å². The van der Waals surface area contributed by atoms with Gasteiger partial charge in [-0.2, -0.15) is 17.4 Å². The zero-order valence-electron chi connectivity index (χ0n) is 13.7. The van der Waals surface area contributed by atoms with Crippen molar-refractivity contribution in [3.05, 3.63) is 52.9 Å². The molecule has 1 aromatic carbocycles. The fourth-order valence-corrected chi connectivity index (χ4v) is 3.88. The van der Waals surface area contributed by atoms with Crippen LogP contribution in [0.2, 0.25) is 0 Å². The molecule has 1 N–H and O–H groups in total. The average Bonchev–Trinajstić information content (AvgIpc) is 2.92. The molecule has 0 bridgehead atoms. The van der Waals surface area contributed by atoms with Crippen LogP contribution in [-0.4, -0.2) is 37.6 Å². The molecular formula is C16H21N3O4S. The van der Waals surface area contributed by atoms with Gasteiger partial charge in [-0.3, -0.25) is 0 Å². The van der Waals surface area contributed by atoms with Gasteiger partial charge in [0.1, 0.15) is 5.76 Å². The van der Waals surface area contributed by atoms with E-state index in [0.29, 0.717) is 31.2 Å². The molecule has 0 saturated carbocycles. The van der Waals surface area contributed by atoms with Gasteiger partial charge in [0.05, 0.1) is 18.4 Å². The van der Waals surface area contributed by atoms with Crippen LogP contribution in [-0.2, 0) is 21.5 Å². The Hall–Kier alpha value is -1.74. The number of nitrogens with one attached hydrogen (secondary N) is 1. The number of hydrogen-bond acceptors (Lipinski definition) is 5. The van der Waals surface area contributed by atoms with Gasteiger partial charge < -0.3 is 9.26 Å². The molecule has 1 aliphatic heterocycles. The van der Waals surface area contributed by atoms with E-state index in [9.17, 15) is 8.42 Å². The predicted octanol–water partition coefficient (Wildman–Crippen LogP) is 1.70. The van der Waals surface area contributed by atoms with Crippen molar-refractivity contribution >= 4 is 10.2 Å². The van der Waals surface area contributed by atoms with Crippen molar-refractivity contribution in [2.45, 2.75) is 26.5 Å². The molecule has 1 aromatic heterocycles. The van der Waals surface area contributed by atoms with Crippen molar-refractivity contribution in [3.8, 4) is 0 Å². The SMILES string of the molecule is Cc1noc(C)c1CNS(=O)(=O)N1CCOC(c2ccccc2)C1. The third-order valence-corrected chi connectivity index (χ3v) is 5.67. The second-order valence-corrected chi connectivity index (χ2v) is 7.51. The maximum Gasteiger partial charge on any atom is 0.279 e. The fourth-order valence-electron chi connectivity index (χ4n) is 2.72. The van der Waals surface area contributed by atoms with Gasteiger partial charge in [0.25, 0.3) is 10.2 Å². The van der Waals surface area contributed by atoms with E-state index >= 15 is 0 Å². The van der Waals surface area contributed by atoms with E-state index in [1.54, 1.807) is 13.8 Å². The summed E-state index contributed by atoms with van der Waals surface area (Å²) in [5, 5.41) is 3.84. The van der Waals surface area contributed by atoms with Gasteiger partial charge in [-0.05, 0) is 19.4 Å². The molecule has 2 aromatic rings. The topological polar surface area (TPSA) is 84.7 Å². The lowest BCUT2D eigenvalue weighted by molar-refractivity contribution is -0.00293. The van der Waals surface area contributed by atoms with Crippen LogP contribution >= 0.6 is 0 Å². The van der Waals surface area contributed by atoms with E-state index in [1.165, 1.54) is 4.31 Å². The number of hydrogen-bond donors (Lipinski definition) is 1. The molecule has 0 spiro atoms. The Kier molecular flexibility index (Phi) is 5.00. The van der Waals surface area contributed by atoms with E-state index < -0.39 is 10.2 Å². The Labute approximate surface area is 141 Å². The lowest BCUT2D eigenvalue weighted by Crippen LogP contribution is -2.47. The first-order valence-electron chi connectivity index (χ1n) is 7.80. The second kappa shape index (κ2) is 7.02. The van der Waals surface area contributed by atoms with E-state index in [2.05, 4.69) is 9.88 Å². The van der Waals surface area contributed by atoms with Crippen molar-refractivity contribution in [1.82, 2.24) is 14.2 Å². The van der Waals surface area contributed by atoms with Gasteiger partial charge in [0.15, 0.2) is 0 Å². The smallest absolute Gasteiger partial charge is 0.279 e. The largest absolute Gasteiger partial charge is 0.371 e. The Bertz CT molecular complexity index is 769. The first kappa shape index (κ1) is 17.1. The molecule has 1 aliphatic rings. The average molecular weight is 351 g/mol. The number of morpholine rings is 1. The minimum absolute atomic E-state index is 0.164. The number of benzene rings is 1. The lowest BCUT2D eigenvalue weighted by atomic mass is 10.1. The number of aryl methyl sites for hydroxylation is 2. The summed E-state index contributed by atoms with van der Waals surface area (Å²) in [5.41, 5.74) is 2.44. The molecule has 1 fully saturated rings. The van der Waals surface area contributed by atoms with Crippen LogP contribution in [0.5, 0.6) is 0 Å². The summed E-state index contributed by atoms with van der Waals surface area (Å²) in [6, 6.07) is 9.64. The van der Waals surface area contributed by atoms with Gasteiger partial charge in [0.2, 0.25) is 0 Å². The predicted molar refractivity (Wildman–Crippen MR) is 88.4 cm³/mol. The van der Waals surface area contributed by atoms with Gasteiger partial charge in [0, 0.05) is 25.2 Å². The van der Waals surface area contributed by atoms with Crippen LogP contribution in [0.25, 0.3) is 0 Å². The highest BCUT2D eigenvalue weighted by atomic mass is 32.2. The molecular weight excluding hydrogens is 330 g/mol. The molecule has 0 radical (unpaired) electrons. The number of aromatic nitrogens is 1. The summed E-state index contributed by atoms with van der Waals surface area (Å²) in [7, 11) is -3.60. The highest BCUT2D eigenvalue weighted by Gasteiger charge is 2.30. The molecule has 130 valence electrons. The van der Waals surface area contributed by atoms with Gasteiger partial charge >= 0.3 is 0 Å². The molecule has 24 heavy (non-hydrogen) atoms. The quantitative estimate of drug-likeness (QED) is 0.886. The molecule has 7 nitrogen and oxygen atoms in total. The summed E-state index contributed by atoms with van der Waals surface area (Å²) < 4.78 is 40.0. The van der Waals surface area contributed by atoms with Gasteiger partial charge in [-0.1, -0.05) is 35.5 Å². The van der Waals surface area contributed by atoms with E-state index in [1.807, 2.05) is 30.3 Å². The van der Waals surface area contributed by atoms with Crippen LogP contribution in [0.1, 0.15) is 28.7 Å². The second-order valence-electron chi connectivity index (χ2n) is 5.76. The number of ether oxygens (including phenoxy) is 1. The van der Waals surface area contributed by atoms with Crippen molar-refractivity contribution in [2.24, 2.45) is 0 Å². The Balaban J connectivity index is 1.68. The zero-order chi connectivity index (χ0) is 17.2. The standard InChI is InChI=1S/C16H21N3O4S/c1-12-15(13(2)23-18-12)10-17-24(20,21)19-8-9-22-16(11-19)14-6-4-3-5-7-14/h3-7,16-17H,8-11H2,1-2H3. The first-order chi connectivity index (χ1) is 11.5. The highest BCUT2D eigenvalue weighted by Crippen LogP contribution is 2.23. The third kappa shape index (κ3) is 3.67. The van der Waals surface area contributed by atoms with Crippen molar-refractivity contribution in [2.75, 3.05) is 19.7 Å². The van der Waals surface area contributed by atoms with Crippen LogP contribution in [0.4, 0.5) is 0 Å². The zero-order valence-corrected chi connectivity index (χ0v) is 14.5. The molecule has 1 atom stereocenters. The van der Waals surface area contributed by atoms with Crippen molar-refractivity contribution in [3.63, 3.8) is 0 Å². The third-order valence-electron chi connectivity index (χ3n) is 4.15. The summed E-state index contributed by atoms with van der Waals surface area (Å²) in [6.45, 7) is 4.72.